The number of carbonyl (C=O) groups is 1. The number of hydrogen-bond acceptors (Lipinski definition) is 4. The minimum absolute atomic E-state index is 0. The first-order valence-corrected chi connectivity index (χ1v) is 8.61. The van der Waals surface area contributed by atoms with Crippen molar-refractivity contribution in [2.75, 3.05) is 18.9 Å². The number of halogens is 1. The predicted octanol–water partition coefficient (Wildman–Crippen LogP) is 2.80. The lowest BCUT2D eigenvalue weighted by molar-refractivity contribution is -0.115. The van der Waals surface area contributed by atoms with Gasteiger partial charge in [-0.3, -0.25) is 14.8 Å². The van der Waals surface area contributed by atoms with E-state index >= 15 is 0 Å². The van der Waals surface area contributed by atoms with Crippen molar-refractivity contribution in [3.63, 3.8) is 0 Å². The van der Waals surface area contributed by atoms with Crippen molar-refractivity contribution in [1.82, 2.24) is 15.6 Å². The predicted molar refractivity (Wildman–Crippen MR) is 115 cm³/mol. The molecule has 3 N–H and O–H groups in total. The van der Waals surface area contributed by atoms with Gasteiger partial charge in [0, 0.05) is 35.5 Å². The summed E-state index contributed by atoms with van der Waals surface area (Å²) in [6.07, 6.45) is 4.19. The van der Waals surface area contributed by atoms with E-state index in [1.165, 1.54) is 9.75 Å². The Labute approximate surface area is 169 Å². The molecule has 25 heavy (non-hydrogen) atoms. The van der Waals surface area contributed by atoms with Crippen LogP contribution in [0.25, 0.3) is 0 Å². The van der Waals surface area contributed by atoms with Gasteiger partial charge in [0.05, 0.1) is 18.4 Å². The van der Waals surface area contributed by atoms with Crippen LogP contribution in [0.5, 0.6) is 0 Å². The third-order valence-electron chi connectivity index (χ3n) is 3.27. The third kappa shape index (κ3) is 7.82. The molecule has 0 aliphatic carbocycles. The molecule has 1 amide bonds. The molecular weight excluding hydrogens is 449 g/mol. The molecule has 1 unspecified atom stereocenters. The van der Waals surface area contributed by atoms with Gasteiger partial charge in [0.25, 0.3) is 0 Å². The molecule has 0 bridgehead atoms. The normalized spacial score (nSPS) is 12.0. The number of carbonyl (C=O) groups excluding carboxylic acids is 1. The molecule has 0 saturated heterocycles. The fourth-order valence-corrected chi connectivity index (χ4v) is 3.20. The first-order valence-electron chi connectivity index (χ1n) is 7.79. The fraction of sp³-hybridized carbons (Fsp3) is 0.353. The quantitative estimate of drug-likeness (QED) is 0.343. The summed E-state index contributed by atoms with van der Waals surface area (Å²) in [5.74, 6) is 0.463. The zero-order chi connectivity index (χ0) is 17.4. The number of aryl methyl sites for hydroxylation is 1. The number of aliphatic imine (C=N–C) groups is 1. The van der Waals surface area contributed by atoms with Crippen LogP contribution in [0.2, 0.25) is 0 Å². The summed E-state index contributed by atoms with van der Waals surface area (Å²) in [5.41, 5.74) is 0.675. The van der Waals surface area contributed by atoms with E-state index in [0.29, 0.717) is 11.6 Å². The van der Waals surface area contributed by atoms with Crippen LogP contribution in [-0.2, 0) is 11.2 Å². The molecule has 0 saturated carbocycles. The average Bonchev–Trinajstić information content (AvgIpc) is 2.97. The minimum atomic E-state index is -0.146. The van der Waals surface area contributed by atoms with Gasteiger partial charge in [-0.2, -0.15) is 0 Å². The summed E-state index contributed by atoms with van der Waals surface area (Å²) < 4.78 is 0. The van der Waals surface area contributed by atoms with Gasteiger partial charge in [-0.05, 0) is 38.1 Å². The van der Waals surface area contributed by atoms with E-state index in [2.05, 4.69) is 51.9 Å². The van der Waals surface area contributed by atoms with Gasteiger partial charge in [-0.15, -0.1) is 35.3 Å². The number of rotatable bonds is 6. The molecule has 0 aromatic carbocycles. The van der Waals surface area contributed by atoms with Crippen LogP contribution in [0.1, 0.15) is 16.7 Å². The van der Waals surface area contributed by atoms with Crippen molar-refractivity contribution in [2.24, 2.45) is 4.99 Å². The molecule has 0 fully saturated rings. The van der Waals surface area contributed by atoms with Gasteiger partial charge in [0.1, 0.15) is 0 Å². The number of thiophene rings is 1. The highest BCUT2D eigenvalue weighted by atomic mass is 127. The molecule has 8 heteroatoms. The summed E-state index contributed by atoms with van der Waals surface area (Å²) in [4.78, 5) is 22.7. The summed E-state index contributed by atoms with van der Waals surface area (Å²) >= 11 is 1.80. The molecule has 0 spiro atoms. The Morgan fingerprint density at radius 2 is 2.16 bits per heavy atom. The second-order valence-electron chi connectivity index (χ2n) is 5.48. The van der Waals surface area contributed by atoms with Crippen LogP contribution in [0.15, 0.2) is 41.7 Å². The zero-order valence-corrected chi connectivity index (χ0v) is 17.7. The Morgan fingerprint density at radius 3 is 2.76 bits per heavy atom. The molecule has 0 aliphatic heterocycles. The second kappa shape index (κ2) is 11.0. The molecule has 0 radical (unpaired) electrons. The van der Waals surface area contributed by atoms with Crippen LogP contribution in [0.4, 0.5) is 5.69 Å². The zero-order valence-electron chi connectivity index (χ0n) is 14.6. The number of pyridine rings is 1. The van der Waals surface area contributed by atoms with Crippen LogP contribution in [0.3, 0.4) is 0 Å². The Morgan fingerprint density at radius 1 is 1.36 bits per heavy atom. The Bertz CT molecular complexity index is 689. The van der Waals surface area contributed by atoms with Crippen molar-refractivity contribution in [3.8, 4) is 0 Å². The molecular formula is C17H24IN5OS. The molecule has 2 aromatic heterocycles. The summed E-state index contributed by atoms with van der Waals surface area (Å²) in [7, 11) is 1.69. The maximum Gasteiger partial charge on any atom is 0.243 e. The molecule has 6 nitrogen and oxygen atoms in total. The maximum absolute atomic E-state index is 11.9. The molecule has 1 atom stereocenters. The molecule has 2 heterocycles. The SMILES string of the molecule is CN=C(NCC(=O)Nc1cccnc1)NC(C)Cc1ccc(C)s1.I. The third-order valence-corrected chi connectivity index (χ3v) is 4.29. The first kappa shape index (κ1) is 21.4. The van der Waals surface area contributed by atoms with Crippen molar-refractivity contribution in [1.29, 1.82) is 0 Å². The highest BCUT2D eigenvalue weighted by molar-refractivity contribution is 14.0. The standard InChI is InChI=1S/C17H23N5OS.HI/c1-12(9-15-7-6-13(2)24-15)21-17(18-3)20-11-16(23)22-14-5-4-8-19-10-14;/h4-8,10,12H,9,11H2,1-3H3,(H,22,23)(H2,18,20,21);1H. The smallest absolute Gasteiger partial charge is 0.243 e. The van der Waals surface area contributed by atoms with Crippen molar-refractivity contribution in [2.45, 2.75) is 26.3 Å². The van der Waals surface area contributed by atoms with E-state index in [-0.39, 0.29) is 42.5 Å². The monoisotopic (exact) mass is 473 g/mol. The van der Waals surface area contributed by atoms with Gasteiger partial charge in [0.2, 0.25) is 5.91 Å². The Kier molecular flexibility index (Phi) is 9.43. The van der Waals surface area contributed by atoms with Crippen LogP contribution in [0, 0.1) is 6.92 Å². The summed E-state index contributed by atoms with van der Waals surface area (Å²) in [6, 6.07) is 8.06. The van der Waals surface area contributed by atoms with E-state index in [1.807, 2.05) is 0 Å². The number of amides is 1. The second-order valence-corrected chi connectivity index (χ2v) is 6.85. The number of nitrogens with one attached hydrogen (secondary N) is 3. The van der Waals surface area contributed by atoms with Crippen molar-refractivity contribution < 1.29 is 4.79 Å². The summed E-state index contributed by atoms with van der Waals surface area (Å²) in [5, 5.41) is 9.09. The number of nitrogens with zero attached hydrogens (tertiary/aromatic N) is 2. The van der Waals surface area contributed by atoms with E-state index < -0.39 is 0 Å². The summed E-state index contributed by atoms with van der Waals surface area (Å²) in [6.45, 7) is 4.34. The number of anilines is 1. The van der Waals surface area contributed by atoms with E-state index in [4.69, 9.17) is 0 Å². The lowest BCUT2D eigenvalue weighted by atomic mass is 10.2. The molecule has 136 valence electrons. The highest BCUT2D eigenvalue weighted by Crippen LogP contribution is 2.16. The van der Waals surface area contributed by atoms with Gasteiger partial charge in [-0.25, -0.2) is 0 Å². The van der Waals surface area contributed by atoms with Crippen LogP contribution < -0.4 is 16.0 Å². The molecule has 0 aliphatic rings. The fourth-order valence-electron chi connectivity index (χ4n) is 2.18. The highest BCUT2D eigenvalue weighted by Gasteiger charge is 2.09. The first-order chi connectivity index (χ1) is 11.6. The number of aromatic nitrogens is 1. The Hall–Kier alpha value is -1.68. The van der Waals surface area contributed by atoms with E-state index in [0.717, 1.165) is 6.42 Å². The largest absolute Gasteiger partial charge is 0.354 e. The van der Waals surface area contributed by atoms with E-state index in [1.54, 1.807) is 42.9 Å². The number of hydrogen-bond donors (Lipinski definition) is 3. The lowest BCUT2D eigenvalue weighted by Gasteiger charge is -2.17. The van der Waals surface area contributed by atoms with Gasteiger partial charge in [0.15, 0.2) is 5.96 Å². The maximum atomic E-state index is 11.9. The van der Waals surface area contributed by atoms with Crippen LogP contribution in [-0.4, -0.2) is 36.5 Å². The lowest BCUT2D eigenvalue weighted by Crippen LogP contribution is -2.45. The van der Waals surface area contributed by atoms with Crippen molar-refractivity contribution >= 4 is 52.9 Å². The number of guanidine groups is 1. The molecule has 2 aromatic rings. The van der Waals surface area contributed by atoms with E-state index in [9.17, 15) is 4.79 Å². The minimum Gasteiger partial charge on any atom is -0.354 e. The van der Waals surface area contributed by atoms with Gasteiger partial charge >= 0.3 is 0 Å². The van der Waals surface area contributed by atoms with Crippen LogP contribution >= 0.6 is 35.3 Å². The van der Waals surface area contributed by atoms with Gasteiger partial charge in [-0.1, -0.05) is 0 Å². The average molecular weight is 473 g/mol. The Balaban J connectivity index is 0.00000312. The topological polar surface area (TPSA) is 78.4 Å². The van der Waals surface area contributed by atoms with Gasteiger partial charge < -0.3 is 16.0 Å². The molecule has 2 rings (SSSR count). The van der Waals surface area contributed by atoms with Crippen molar-refractivity contribution in [3.05, 3.63) is 46.4 Å².